The summed E-state index contributed by atoms with van der Waals surface area (Å²) in [5.74, 6) is 0. The third-order valence-electron chi connectivity index (χ3n) is 3.88. The van der Waals surface area contributed by atoms with Crippen LogP contribution >= 0.6 is 0 Å². The number of hydrogen-bond acceptors (Lipinski definition) is 0. The molecule has 0 radical (unpaired) electrons. The molecule has 3 rings (SSSR count). The topological polar surface area (TPSA) is 4.93 Å². The summed E-state index contributed by atoms with van der Waals surface area (Å²) in [5, 5.41) is 1.45. The number of aromatic nitrogens is 1. The van der Waals surface area contributed by atoms with Gasteiger partial charge in [0.1, 0.15) is 6.54 Å². The van der Waals surface area contributed by atoms with Crippen molar-refractivity contribution in [3.8, 4) is 0 Å². The van der Waals surface area contributed by atoms with Crippen LogP contribution in [0.1, 0.15) is 11.3 Å². The lowest BCUT2D eigenvalue weighted by Crippen LogP contribution is -2.43. The lowest BCUT2D eigenvalue weighted by molar-refractivity contribution is -0.905. The molecule has 0 amide bonds. The number of quaternary nitrogens is 1. The van der Waals surface area contributed by atoms with E-state index in [2.05, 4.69) is 50.0 Å². The average Bonchev–Trinajstić information content (AvgIpc) is 2.52. The second kappa shape index (κ2) is 3.11. The number of para-hydroxylation sites is 1. The van der Waals surface area contributed by atoms with Gasteiger partial charge >= 0.3 is 0 Å². The van der Waals surface area contributed by atoms with Crippen LogP contribution < -0.4 is 0 Å². The number of benzene rings is 1. The number of aryl methyl sites for hydroxylation is 1. The molecule has 1 aromatic carbocycles. The zero-order chi connectivity index (χ0) is 11.3. The Labute approximate surface area is 96.7 Å². The highest BCUT2D eigenvalue weighted by Crippen LogP contribution is 2.31. The Morgan fingerprint density at radius 1 is 1.19 bits per heavy atom. The number of nitrogens with zero attached hydrogens (tertiary/aromatic N) is 2. The van der Waals surface area contributed by atoms with Gasteiger partial charge in [-0.1, -0.05) is 18.2 Å². The van der Waals surface area contributed by atoms with E-state index >= 15 is 0 Å². The zero-order valence-corrected chi connectivity index (χ0v) is 10.3. The number of hydrogen-bond donors (Lipinski definition) is 0. The van der Waals surface area contributed by atoms with Crippen molar-refractivity contribution >= 4 is 10.9 Å². The maximum atomic E-state index is 2.38. The van der Waals surface area contributed by atoms with Crippen LogP contribution in [0.3, 0.4) is 0 Å². The quantitative estimate of drug-likeness (QED) is 0.594. The Morgan fingerprint density at radius 3 is 2.75 bits per heavy atom. The van der Waals surface area contributed by atoms with E-state index in [0.717, 1.165) is 11.0 Å². The van der Waals surface area contributed by atoms with Crippen LogP contribution in [0.2, 0.25) is 0 Å². The van der Waals surface area contributed by atoms with E-state index in [1.807, 2.05) is 0 Å². The van der Waals surface area contributed by atoms with Crippen LogP contribution in [0.25, 0.3) is 10.9 Å². The highest BCUT2D eigenvalue weighted by molar-refractivity contribution is 5.85. The molecule has 1 aliphatic rings. The van der Waals surface area contributed by atoms with Crippen molar-refractivity contribution in [2.75, 3.05) is 20.6 Å². The average molecular weight is 215 g/mol. The molecule has 0 N–H and O–H groups in total. The fourth-order valence-electron chi connectivity index (χ4n) is 2.94. The van der Waals surface area contributed by atoms with Gasteiger partial charge in [0.15, 0.2) is 0 Å². The molecule has 2 nitrogen and oxygen atoms in total. The molecule has 2 aromatic rings. The summed E-state index contributed by atoms with van der Waals surface area (Å²) in [5.41, 5.74) is 4.49. The lowest BCUT2D eigenvalue weighted by atomic mass is 10.0. The highest BCUT2D eigenvalue weighted by Gasteiger charge is 2.28. The third-order valence-corrected chi connectivity index (χ3v) is 3.88. The van der Waals surface area contributed by atoms with Crippen molar-refractivity contribution in [1.82, 2.24) is 4.57 Å². The zero-order valence-electron chi connectivity index (χ0n) is 10.3. The maximum Gasteiger partial charge on any atom is 0.106 e. The van der Waals surface area contributed by atoms with Crippen LogP contribution in [0.15, 0.2) is 24.3 Å². The molecule has 0 aliphatic carbocycles. The Bertz CT molecular complexity index is 549. The Balaban J connectivity index is 2.29. The molecule has 0 saturated carbocycles. The molecule has 0 fully saturated rings. The Morgan fingerprint density at radius 2 is 1.94 bits per heavy atom. The van der Waals surface area contributed by atoms with Gasteiger partial charge in [-0.2, -0.15) is 0 Å². The van der Waals surface area contributed by atoms with Gasteiger partial charge in [-0.25, -0.2) is 0 Å². The van der Waals surface area contributed by atoms with Crippen LogP contribution in [0, 0.1) is 0 Å². The number of likely N-dealkylation sites (N-methyl/N-ethyl adjacent to an activating group) is 1. The fourth-order valence-corrected chi connectivity index (χ4v) is 2.94. The van der Waals surface area contributed by atoms with Gasteiger partial charge in [0.05, 0.1) is 20.6 Å². The molecule has 0 unspecified atom stereocenters. The highest BCUT2D eigenvalue weighted by atomic mass is 15.3. The maximum absolute atomic E-state index is 2.38. The molecule has 84 valence electrons. The molecular formula is C14H19N2+. The monoisotopic (exact) mass is 215 g/mol. The van der Waals surface area contributed by atoms with Crippen molar-refractivity contribution in [1.29, 1.82) is 0 Å². The fraction of sp³-hybridized carbons (Fsp3) is 0.429. The molecular weight excluding hydrogens is 196 g/mol. The Kier molecular flexibility index (Phi) is 1.93. The third kappa shape index (κ3) is 1.30. The molecule has 16 heavy (non-hydrogen) atoms. The molecule has 0 bridgehead atoms. The molecule has 0 atom stereocenters. The standard InChI is InChI=1S/C14H19N2/c1-15-13-7-5-4-6-11(13)12-10-16(2,3)9-8-14(12)15/h4-7H,8-10H2,1-3H3/q+1. The largest absolute Gasteiger partial charge is 0.347 e. The SMILES string of the molecule is Cn1c2c(c3ccccc31)C[N+](C)(C)CC2. The van der Waals surface area contributed by atoms with Gasteiger partial charge in [-0.15, -0.1) is 0 Å². The summed E-state index contributed by atoms with van der Waals surface area (Å²) in [7, 11) is 6.85. The van der Waals surface area contributed by atoms with Crippen molar-refractivity contribution in [3.63, 3.8) is 0 Å². The molecule has 1 aromatic heterocycles. The van der Waals surface area contributed by atoms with Crippen LogP contribution in [0.4, 0.5) is 0 Å². The first-order chi connectivity index (χ1) is 7.58. The van der Waals surface area contributed by atoms with E-state index < -0.39 is 0 Å². The minimum absolute atomic E-state index is 1.11. The van der Waals surface area contributed by atoms with Crippen molar-refractivity contribution in [2.24, 2.45) is 7.05 Å². The molecule has 1 aliphatic heterocycles. The molecule has 2 heterocycles. The summed E-state index contributed by atoms with van der Waals surface area (Å²) in [6.07, 6.45) is 1.20. The van der Waals surface area contributed by atoms with E-state index in [9.17, 15) is 0 Å². The minimum Gasteiger partial charge on any atom is -0.347 e. The smallest absolute Gasteiger partial charge is 0.106 e. The van der Waals surface area contributed by atoms with E-state index in [1.54, 1.807) is 11.3 Å². The molecule has 0 spiro atoms. The predicted octanol–water partition coefficient (Wildman–Crippen LogP) is 2.31. The van der Waals surface area contributed by atoms with Gasteiger partial charge in [0.25, 0.3) is 0 Å². The van der Waals surface area contributed by atoms with Gasteiger partial charge < -0.3 is 9.05 Å². The van der Waals surface area contributed by atoms with Crippen LogP contribution in [-0.2, 0) is 20.0 Å². The first-order valence-electron chi connectivity index (χ1n) is 5.96. The van der Waals surface area contributed by atoms with E-state index in [-0.39, 0.29) is 0 Å². The van der Waals surface area contributed by atoms with Crippen molar-refractivity contribution in [3.05, 3.63) is 35.5 Å². The van der Waals surface area contributed by atoms with Gasteiger partial charge in [-0.05, 0) is 6.07 Å². The summed E-state index contributed by atoms with van der Waals surface area (Å²) in [4.78, 5) is 0. The van der Waals surface area contributed by atoms with Crippen molar-refractivity contribution in [2.45, 2.75) is 13.0 Å². The first-order valence-corrected chi connectivity index (χ1v) is 5.96. The summed E-state index contributed by atoms with van der Waals surface area (Å²) in [6.45, 7) is 2.41. The molecule has 2 heteroatoms. The predicted molar refractivity (Wildman–Crippen MR) is 67.3 cm³/mol. The number of rotatable bonds is 0. The van der Waals surface area contributed by atoms with Gasteiger partial charge in [0, 0.05) is 35.6 Å². The first kappa shape index (κ1) is 9.91. The minimum atomic E-state index is 1.11. The van der Waals surface area contributed by atoms with E-state index in [0.29, 0.717) is 0 Å². The van der Waals surface area contributed by atoms with E-state index in [4.69, 9.17) is 0 Å². The summed E-state index contributed by atoms with van der Waals surface area (Å²) < 4.78 is 3.49. The van der Waals surface area contributed by atoms with Crippen molar-refractivity contribution < 1.29 is 4.48 Å². The second-order valence-corrected chi connectivity index (χ2v) is 5.57. The molecule has 0 saturated heterocycles. The normalized spacial score (nSPS) is 18.7. The van der Waals surface area contributed by atoms with Crippen LogP contribution in [0.5, 0.6) is 0 Å². The van der Waals surface area contributed by atoms with E-state index in [1.165, 1.54) is 23.9 Å². The summed E-state index contributed by atoms with van der Waals surface area (Å²) >= 11 is 0. The number of fused-ring (bicyclic) bond motifs is 3. The Hall–Kier alpha value is -1.28. The van der Waals surface area contributed by atoms with Crippen LogP contribution in [-0.4, -0.2) is 29.7 Å². The lowest BCUT2D eigenvalue weighted by Gasteiger charge is -2.34. The van der Waals surface area contributed by atoms with Gasteiger partial charge in [0.2, 0.25) is 0 Å². The summed E-state index contributed by atoms with van der Waals surface area (Å²) in [6, 6.07) is 8.78. The van der Waals surface area contributed by atoms with Gasteiger partial charge in [-0.3, -0.25) is 0 Å². The second-order valence-electron chi connectivity index (χ2n) is 5.57.